The van der Waals surface area contributed by atoms with Crippen molar-refractivity contribution in [2.24, 2.45) is 0 Å². The lowest BCUT2D eigenvalue weighted by Crippen LogP contribution is -2.24. The first-order valence-electron chi connectivity index (χ1n) is 5.97. The molecule has 2 rings (SSSR count). The zero-order chi connectivity index (χ0) is 16.3. The fourth-order valence-electron chi connectivity index (χ4n) is 1.82. The molecule has 2 atom stereocenters. The van der Waals surface area contributed by atoms with Gasteiger partial charge in [-0.1, -0.05) is 29.6 Å². The van der Waals surface area contributed by atoms with Crippen LogP contribution in [0.1, 0.15) is 11.7 Å². The third kappa shape index (κ3) is 3.90. The molecule has 1 aliphatic rings. The van der Waals surface area contributed by atoms with Gasteiger partial charge in [-0.3, -0.25) is 9.59 Å². The van der Waals surface area contributed by atoms with Crippen LogP contribution in [0, 0.1) is 0 Å². The molecule has 0 aliphatic carbocycles. The van der Waals surface area contributed by atoms with E-state index in [2.05, 4.69) is 4.98 Å². The van der Waals surface area contributed by atoms with Crippen molar-refractivity contribution in [3.8, 4) is 0 Å². The van der Waals surface area contributed by atoms with Crippen molar-refractivity contribution in [1.82, 2.24) is 4.98 Å². The summed E-state index contributed by atoms with van der Waals surface area (Å²) in [5.41, 5.74) is 0.498. The van der Waals surface area contributed by atoms with E-state index in [0.29, 0.717) is 15.6 Å². The number of ether oxygens (including phenoxy) is 1. The van der Waals surface area contributed by atoms with E-state index in [1.807, 2.05) is 0 Å². The minimum absolute atomic E-state index is 0.155. The van der Waals surface area contributed by atoms with Crippen LogP contribution in [0.25, 0.3) is 0 Å². The summed E-state index contributed by atoms with van der Waals surface area (Å²) in [4.78, 5) is 36.6. The van der Waals surface area contributed by atoms with Crippen molar-refractivity contribution in [3.63, 3.8) is 0 Å². The summed E-state index contributed by atoms with van der Waals surface area (Å²) in [7, 11) is 0. The number of pyridine rings is 1. The second kappa shape index (κ2) is 6.99. The summed E-state index contributed by atoms with van der Waals surface area (Å²) >= 11 is 1.98. The molecule has 0 saturated heterocycles. The highest BCUT2D eigenvalue weighted by molar-refractivity contribution is 8.01. The first-order chi connectivity index (χ1) is 10.4. The van der Waals surface area contributed by atoms with Crippen LogP contribution >= 0.6 is 23.5 Å². The van der Waals surface area contributed by atoms with Gasteiger partial charge in [0.15, 0.2) is 0 Å². The Hall–Kier alpha value is -1.78. The molecule has 10 heteroatoms. The fourth-order valence-corrected chi connectivity index (χ4v) is 3.64. The zero-order valence-corrected chi connectivity index (χ0v) is 12.6. The summed E-state index contributed by atoms with van der Waals surface area (Å²) in [6, 6.07) is 3.16. The van der Waals surface area contributed by atoms with E-state index >= 15 is 0 Å². The molecule has 118 valence electrons. The summed E-state index contributed by atoms with van der Waals surface area (Å²) in [5.74, 6) is -3.45. The second-order valence-electron chi connectivity index (χ2n) is 4.23. The van der Waals surface area contributed by atoms with Gasteiger partial charge in [0.2, 0.25) is 0 Å². The number of fused-ring (bicyclic) bond motifs is 1. The molecule has 1 aromatic heterocycles. The molecule has 0 amide bonds. The molecule has 2 heterocycles. The average Bonchev–Trinajstić information content (AvgIpc) is 2.80. The van der Waals surface area contributed by atoms with Crippen LogP contribution in [-0.2, 0) is 19.1 Å². The van der Waals surface area contributed by atoms with E-state index in [4.69, 9.17) is 14.9 Å². The molecule has 0 spiro atoms. The standard InChI is InChI=1S/C12H11NO7S2/c14-7(15)3-20-9-5-1-2-6(21-4-8(16)17)13-11(5)22-10(9)12(18)19/h1-2,9-10H,3-4H2,(H,14,15)(H,16,17)(H,18,19). The van der Waals surface area contributed by atoms with Crippen molar-refractivity contribution >= 4 is 41.4 Å². The van der Waals surface area contributed by atoms with Crippen molar-refractivity contribution < 1.29 is 34.4 Å². The molecule has 0 saturated carbocycles. The first-order valence-corrected chi connectivity index (χ1v) is 7.83. The van der Waals surface area contributed by atoms with Gasteiger partial charge in [-0.05, 0) is 6.07 Å². The third-order valence-electron chi connectivity index (χ3n) is 2.66. The quantitative estimate of drug-likeness (QED) is 0.613. The van der Waals surface area contributed by atoms with Gasteiger partial charge in [0.25, 0.3) is 0 Å². The molecule has 0 aromatic carbocycles. The van der Waals surface area contributed by atoms with Crippen LogP contribution in [0.15, 0.2) is 22.2 Å². The van der Waals surface area contributed by atoms with Gasteiger partial charge in [-0.25, -0.2) is 9.78 Å². The minimum atomic E-state index is -1.19. The van der Waals surface area contributed by atoms with E-state index in [-0.39, 0.29) is 5.75 Å². The largest absolute Gasteiger partial charge is 0.481 e. The number of rotatable bonds is 7. The van der Waals surface area contributed by atoms with E-state index in [9.17, 15) is 19.5 Å². The van der Waals surface area contributed by atoms with Crippen LogP contribution in [-0.4, -0.2) is 55.8 Å². The Balaban J connectivity index is 2.20. The minimum Gasteiger partial charge on any atom is -0.481 e. The highest BCUT2D eigenvalue weighted by Gasteiger charge is 2.40. The zero-order valence-electron chi connectivity index (χ0n) is 11.0. The van der Waals surface area contributed by atoms with Crippen molar-refractivity contribution in [2.75, 3.05) is 12.4 Å². The molecular formula is C12H11NO7S2. The number of carbonyl (C=O) groups is 3. The van der Waals surface area contributed by atoms with Gasteiger partial charge in [-0.2, -0.15) is 0 Å². The molecule has 1 aromatic rings. The Kier molecular flexibility index (Phi) is 5.27. The predicted octanol–water partition coefficient (Wildman–Crippen LogP) is 0.960. The molecule has 0 bridgehead atoms. The van der Waals surface area contributed by atoms with E-state index in [1.54, 1.807) is 12.1 Å². The fraction of sp³-hybridized carbons (Fsp3) is 0.333. The Bertz CT molecular complexity index is 621. The maximum absolute atomic E-state index is 11.3. The number of aromatic nitrogens is 1. The Morgan fingerprint density at radius 2 is 1.95 bits per heavy atom. The van der Waals surface area contributed by atoms with Gasteiger partial charge in [0.05, 0.1) is 10.8 Å². The summed E-state index contributed by atoms with van der Waals surface area (Å²) in [6.45, 7) is -0.607. The van der Waals surface area contributed by atoms with E-state index in [0.717, 1.165) is 23.5 Å². The predicted molar refractivity (Wildman–Crippen MR) is 76.2 cm³/mol. The Labute approximate surface area is 132 Å². The first kappa shape index (κ1) is 16.6. The van der Waals surface area contributed by atoms with Crippen molar-refractivity contribution in [3.05, 3.63) is 17.7 Å². The molecule has 0 radical (unpaired) electrons. The van der Waals surface area contributed by atoms with Crippen LogP contribution in [0.4, 0.5) is 0 Å². The SMILES string of the molecule is O=C(O)COC1c2ccc(SCC(=O)O)nc2SC1C(=O)O. The highest BCUT2D eigenvalue weighted by atomic mass is 32.2. The Morgan fingerprint density at radius 1 is 1.23 bits per heavy atom. The number of carboxylic acid groups (broad SMARTS) is 3. The van der Waals surface area contributed by atoms with E-state index < -0.39 is 35.9 Å². The number of aliphatic carboxylic acids is 3. The van der Waals surface area contributed by atoms with Crippen LogP contribution in [0.2, 0.25) is 0 Å². The third-order valence-corrected chi connectivity index (χ3v) is 4.82. The number of carboxylic acids is 3. The van der Waals surface area contributed by atoms with Crippen molar-refractivity contribution in [2.45, 2.75) is 21.4 Å². The summed E-state index contributed by atoms with van der Waals surface area (Å²) < 4.78 is 5.16. The smallest absolute Gasteiger partial charge is 0.329 e. The molecule has 2 unspecified atom stereocenters. The van der Waals surface area contributed by atoms with Gasteiger partial charge in [-0.15, -0.1) is 0 Å². The number of hydrogen-bond acceptors (Lipinski definition) is 7. The highest BCUT2D eigenvalue weighted by Crippen LogP contribution is 2.45. The molecule has 0 fully saturated rings. The lowest BCUT2D eigenvalue weighted by Gasteiger charge is -2.15. The average molecular weight is 345 g/mol. The van der Waals surface area contributed by atoms with Crippen LogP contribution in [0.5, 0.6) is 0 Å². The van der Waals surface area contributed by atoms with Crippen LogP contribution < -0.4 is 0 Å². The van der Waals surface area contributed by atoms with E-state index in [1.165, 1.54) is 0 Å². The van der Waals surface area contributed by atoms with Gasteiger partial charge in [0, 0.05) is 5.56 Å². The molecule has 1 aliphatic heterocycles. The molecular weight excluding hydrogens is 334 g/mol. The normalized spacial score (nSPS) is 19.6. The lowest BCUT2D eigenvalue weighted by atomic mass is 10.1. The molecule has 3 N–H and O–H groups in total. The molecule has 22 heavy (non-hydrogen) atoms. The van der Waals surface area contributed by atoms with Gasteiger partial charge in [0.1, 0.15) is 23.0 Å². The van der Waals surface area contributed by atoms with Gasteiger partial charge < -0.3 is 20.1 Å². The number of thioether (sulfide) groups is 2. The maximum Gasteiger partial charge on any atom is 0.329 e. The Morgan fingerprint density at radius 3 is 2.55 bits per heavy atom. The van der Waals surface area contributed by atoms with Crippen molar-refractivity contribution in [1.29, 1.82) is 0 Å². The number of nitrogens with zero attached hydrogens (tertiary/aromatic N) is 1. The lowest BCUT2D eigenvalue weighted by molar-refractivity contribution is -0.148. The second-order valence-corrected chi connectivity index (χ2v) is 6.35. The maximum atomic E-state index is 11.3. The van der Waals surface area contributed by atoms with Crippen LogP contribution in [0.3, 0.4) is 0 Å². The van der Waals surface area contributed by atoms with Gasteiger partial charge >= 0.3 is 17.9 Å². The molecule has 8 nitrogen and oxygen atoms in total. The summed E-state index contributed by atoms with van der Waals surface area (Å²) in [6.07, 6.45) is -0.903. The summed E-state index contributed by atoms with van der Waals surface area (Å²) in [5, 5.41) is 26.4. The topological polar surface area (TPSA) is 134 Å². The monoisotopic (exact) mass is 345 g/mol. The number of hydrogen-bond donors (Lipinski definition) is 3.